The van der Waals surface area contributed by atoms with Gasteiger partial charge in [-0.2, -0.15) is 0 Å². The summed E-state index contributed by atoms with van der Waals surface area (Å²) in [6, 6.07) is 0. The second kappa shape index (κ2) is 8.93. The molecule has 0 aliphatic carbocycles. The smallest absolute Gasteiger partial charge is 0.0459 e. The van der Waals surface area contributed by atoms with Gasteiger partial charge in [0.15, 0.2) is 0 Å². The van der Waals surface area contributed by atoms with Gasteiger partial charge in [0.25, 0.3) is 0 Å². The van der Waals surface area contributed by atoms with Gasteiger partial charge in [-0.05, 0) is 43.6 Å². The first-order valence-electron chi connectivity index (χ1n) is 8.05. The summed E-state index contributed by atoms with van der Waals surface area (Å²) in [6.07, 6.45) is 6.13. The molecular weight excluding hydrogens is 236 g/mol. The van der Waals surface area contributed by atoms with Gasteiger partial charge in [0.05, 0.1) is 0 Å². The molecule has 114 valence electrons. The topological polar surface area (TPSA) is 35.5 Å². The average molecular weight is 270 g/mol. The van der Waals surface area contributed by atoms with E-state index in [9.17, 15) is 5.11 Å². The lowest BCUT2D eigenvalue weighted by Gasteiger charge is -2.27. The maximum absolute atomic E-state index is 9.45. The van der Waals surface area contributed by atoms with Crippen molar-refractivity contribution in [3.8, 4) is 0 Å². The molecule has 0 aromatic heterocycles. The number of hydrogen-bond acceptors (Lipinski definition) is 3. The lowest BCUT2D eigenvalue weighted by atomic mass is 9.85. The molecule has 1 aliphatic heterocycles. The summed E-state index contributed by atoms with van der Waals surface area (Å²) in [6.45, 7) is 13.1. The maximum Gasteiger partial charge on any atom is 0.0459 e. The summed E-state index contributed by atoms with van der Waals surface area (Å²) in [5.74, 6) is 0.516. The first-order valence-corrected chi connectivity index (χ1v) is 8.05. The van der Waals surface area contributed by atoms with E-state index in [2.05, 4.69) is 31.0 Å². The van der Waals surface area contributed by atoms with Crippen LogP contribution < -0.4 is 5.32 Å². The minimum atomic E-state index is 0.365. The molecule has 1 aliphatic rings. The van der Waals surface area contributed by atoms with Crippen molar-refractivity contribution in [1.82, 2.24) is 10.2 Å². The summed E-state index contributed by atoms with van der Waals surface area (Å²) in [4.78, 5) is 2.56. The molecule has 0 saturated carbocycles. The largest absolute Gasteiger partial charge is 0.396 e. The molecule has 0 bridgehead atoms. The maximum atomic E-state index is 9.45. The van der Waals surface area contributed by atoms with E-state index in [4.69, 9.17) is 0 Å². The summed E-state index contributed by atoms with van der Waals surface area (Å²) in [5, 5.41) is 12.8. The molecule has 1 fully saturated rings. The lowest BCUT2D eigenvalue weighted by molar-refractivity contribution is 0.185. The average Bonchev–Trinajstić information content (AvgIpc) is 2.38. The Bertz CT molecular complexity index is 219. The van der Waals surface area contributed by atoms with Crippen molar-refractivity contribution in [2.45, 2.75) is 52.9 Å². The number of nitrogens with one attached hydrogen (secondary N) is 1. The zero-order chi connectivity index (χ0) is 14.1. The third-order valence-electron chi connectivity index (χ3n) is 4.11. The van der Waals surface area contributed by atoms with E-state index in [0.29, 0.717) is 17.9 Å². The molecule has 0 spiro atoms. The fourth-order valence-electron chi connectivity index (χ4n) is 2.67. The van der Waals surface area contributed by atoms with E-state index in [-0.39, 0.29) is 0 Å². The van der Waals surface area contributed by atoms with Crippen LogP contribution in [0.15, 0.2) is 0 Å². The third-order valence-corrected chi connectivity index (χ3v) is 4.11. The highest BCUT2D eigenvalue weighted by Crippen LogP contribution is 2.25. The minimum Gasteiger partial charge on any atom is -0.396 e. The standard InChI is InChI=1S/C16H34N2O/c1-16(2,3)8-7-15(14-19)6-4-5-11-18-12-9-17-10-13-18/h15,17,19H,4-14H2,1-3H3/t15-/m0/s1. The number of rotatable bonds is 8. The van der Waals surface area contributed by atoms with Crippen LogP contribution in [0, 0.1) is 11.3 Å². The predicted molar refractivity (Wildman–Crippen MR) is 82.4 cm³/mol. The zero-order valence-corrected chi connectivity index (χ0v) is 13.2. The molecule has 2 N–H and O–H groups in total. The molecule has 1 saturated heterocycles. The molecule has 0 aromatic carbocycles. The summed E-state index contributed by atoms with van der Waals surface area (Å²) >= 11 is 0. The van der Waals surface area contributed by atoms with Crippen molar-refractivity contribution in [3.63, 3.8) is 0 Å². The number of aliphatic hydroxyl groups is 1. The van der Waals surface area contributed by atoms with Gasteiger partial charge in [-0.25, -0.2) is 0 Å². The van der Waals surface area contributed by atoms with Crippen molar-refractivity contribution < 1.29 is 5.11 Å². The highest BCUT2D eigenvalue weighted by Gasteiger charge is 2.15. The zero-order valence-electron chi connectivity index (χ0n) is 13.2. The van der Waals surface area contributed by atoms with Gasteiger partial charge in [0, 0.05) is 32.8 Å². The van der Waals surface area contributed by atoms with Gasteiger partial charge in [-0.1, -0.05) is 27.2 Å². The fourth-order valence-corrected chi connectivity index (χ4v) is 2.67. The molecule has 1 atom stereocenters. The van der Waals surface area contributed by atoms with Crippen molar-refractivity contribution in [2.24, 2.45) is 11.3 Å². The number of aliphatic hydroxyl groups excluding tert-OH is 1. The number of nitrogens with zero attached hydrogens (tertiary/aromatic N) is 1. The van der Waals surface area contributed by atoms with E-state index in [1.165, 1.54) is 51.7 Å². The molecule has 0 amide bonds. The molecule has 3 heteroatoms. The van der Waals surface area contributed by atoms with Crippen molar-refractivity contribution >= 4 is 0 Å². The Morgan fingerprint density at radius 1 is 1.11 bits per heavy atom. The lowest BCUT2D eigenvalue weighted by Crippen LogP contribution is -2.43. The van der Waals surface area contributed by atoms with Gasteiger partial charge in [0.1, 0.15) is 0 Å². The van der Waals surface area contributed by atoms with Crippen molar-refractivity contribution in [2.75, 3.05) is 39.3 Å². The van der Waals surface area contributed by atoms with Gasteiger partial charge >= 0.3 is 0 Å². The number of piperazine rings is 1. The van der Waals surface area contributed by atoms with Crippen LogP contribution in [0.25, 0.3) is 0 Å². The summed E-state index contributed by atoms with van der Waals surface area (Å²) < 4.78 is 0. The molecular formula is C16H34N2O. The highest BCUT2D eigenvalue weighted by molar-refractivity contribution is 4.69. The summed E-state index contributed by atoms with van der Waals surface area (Å²) in [5.41, 5.74) is 0.397. The predicted octanol–water partition coefficient (Wildman–Crippen LogP) is 2.50. The Balaban J connectivity index is 2.05. The van der Waals surface area contributed by atoms with Gasteiger partial charge in [-0.3, -0.25) is 0 Å². The van der Waals surface area contributed by atoms with Gasteiger partial charge < -0.3 is 15.3 Å². The number of unbranched alkanes of at least 4 members (excludes halogenated alkanes) is 1. The van der Waals surface area contributed by atoms with E-state index in [1.54, 1.807) is 0 Å². The van der Waals surface area contributed by atoms with Crippen LogP contribution in [0.2, 0.25) is 0 Å². The van der Waals surface area contributed by atoms with Crippen LogP contribution in [0.5, 0.6) is 0 Å². The Labute approximate surface area is 119 Å². The van der Waals surface area contributed by atoms with Crippen molar-refractivity contribution in [3.05, 3.63) is 0 Å². The second-order valence-corrected chi connectivity index (χ2v) is 7.24. The van der Waals surface area contributed by atoms with Crippen LogP contribution in [0.4, 0.5) is 0 Å². The normalized spacial score (nSPS) is 19.6. The second-order valence-electron chi connectivity index (χ2n) is 7.24. The van der Waals surface area contributed by atoms with E-state index in [1.807, 2.05) is 0 Å². The monoisotopic (exact) mass is 270 g/mol. The minimum absolute atomic E-state index is 0.365. The molecule has 3 nitrogen and oxygen atoms in total. The van der Waals surface area contributed by atoms with Crippen LogP contribution in [0.3, 0.4) is 0 Å². The Morgan fingerprint density at radius 2 is 1.79 bits per heavy atom. The third kappa shape index (κ3) is 8.61. The molecule has 1 heterocycles. The molecule has 0 unspecified atom stereocenters. The number of hydrogen-bond donors (Lipinski definition) is 2. The van der Waals surface area contributed by atoms with Crippen LogP contribution >= 0.6 is 0 Å². The van der Waals surface area contributed by atoms with E-state index < -0.39 is 0 Å². The van der Waals surface area contributed by atoms with Gasteiger partial charge in [-0.15, -0.1) is 0 Å². The molecule has 19 heavy (non-hydrogen) atoms. The Morgan fingerprint density at radius 3 is 2.37 bits per heavy atom. The van der Waals surface area contributed by atoms with Crippen LogP contribution in [-0.4, -0.2) is 49.3 Å². The van der Waals surface area contributed by atoms with E-state index >= 15 is 0 Å². The first-order chi connectivity index (χ1) is 9.01. The van der Waals surface area contributed by atoms with Crippen LogP contribution in [-0.2, 0) is 0 Å². The highest BCUT2D eigenvalue weighted by atomic mass is 16.3. The Hall–Kier alpha value is -0.120. The quantitative estimate of drug-likeness (QED) is 0.665. The van der Waals surface area contributed by atoms with Gasteiger partial charge in [0.2, 0.25) is 0 Å². The SMILES string of the molecule is CC(C)(C)CC[C@@H](CO)CCCCN1CCNCC1. The Kier molecular flexibility index (Phi) is 7.96. The first kappa shape index (κ1) is 16.9. The molecule has 0 radical (unpaired) electrons. The van der Waals surface area contributed by atoms with E-state index in [0.717, 1.165) is 13.1 Å². The molecule has 0 aromatic rings. The van der Waals surface area contributed by atoms with Crippen molar-refractivity contribution in [1.29, 1.82) is 0 Å². The fraction of sp³-hybridized carbons (Fsp3) is 1.00. The van der Waals surface area contributed by atoms with Crippen LogP contribution in [0.1, 0.15) is 52.9 Å². The molecule has 1 rings (SSSR count). The summed E-state index contributed by atoms with van der Waals surface area (Å²) in [7, 11) is 0.